The molecule has 2 amide bonds. The average Bonchev–Trinajstić information content (AvgIpc) is 3.20. The van der Waals surface area contributed by atoms with Crippen molar-refractivity contribution in [3.63, 3.8) is 0 Å². The largest absolute Gasteiger partial charge is 0.356 e. The fraction of sp³-hybridized carbons (Fsp3) is 0.875. The molecule has 0 aromatic rings. The molecule has 1 aliphatic carbocycles. The van der Waals surface area contributed by atoms with Gasteiger partial charge in [0.15, 0.2) is 0 Å². The van der Waals surface area contributed by atoms with Gasteiger partial charge in [-0.3, -0.25) is 9.59 Å². The summed E-state index contributed by atoms with van der Waals surface area (Å²) in [5.74, 6) is 1.08. The van der Waals surface area contributed by atoms with Crippen molar-refractivity contribution < 1.29 is 9.59 Å². The lowest BCUT2D eigenvalue weighted by Gasteiger charge is -2.32. The first-order chi connectivity index (χ1) is 10.2. The van der Waals surface area contributed by atoms with Gasteiger partial charge in [0.25, 0.3) is 0 Å². The highest BCUT2D eigenvalue weighted by atomic mass is 35.5. The van der Waals surface area contributed by atoms with Crippen molar-refractivity contribution in [1.29, 1.82) is 0 Å². The maximum Gasteiger partial charge on any atom is 0.224 e. The van der Waals surface area contributed by atoms with Gasteiger partial charge in [-0.15, -0.1) is 12.4 Å². The average molecular weight is 330 g/mol. The van der Waals surface area contributed by atoms with E-state index in [1.54, 1.807) is 0 Å². The second-order valence-corrected chi connectivity index (χ2v) is 6.86. The zero-order valence-corrected chi connectivity index (χ0v) is 14.0. The first-order valence-electron chi connectivity index (χ1n) is 8.51. The molecule has 2 unspecified atom stereocenters. The number of halogens is 1. The van der Waals surface area contributed by atoms with E-state index in [1.165, 1.54) is 19.3 Å². The van der Waals surface area contributed by atoms with Gasteiger partial charge >= 0.3 is 0 Å². The van der Waals surface area contributed by atoms with Crippen molar-refractivity contribution in [3.05, 3.63) is 0 Å². The first kappa shape index (κ1) is 17.5. The Morgan fingerprint density at radius 1 is 1.14 bits per heavy atom. The van der Waals surface area contributed by atoms with Gasteiger partial charge in [-0.1, -0.05) is 0 Å². The van der Waals surface area contributed by atoms with Crippen LogP contribution >= 0.6 is 12.4 Å². The van der Waals surface area contributed by atoms with Gasteiger partial charge in [0.2, 0.25) is 11.8 Å². The van der Waals surface area contributed by atoms with Gasteiger partial charge in [-0.25, -0.2) is 0 Å². The zero-order chi connectivity index (χ0) is 14.7. The first-order valence-corrected chi connectivity index (χ1v) is 8.51. The summed E-state index contributed by atoms with van der Waals surface area (Å²) in [6, 6.07) is 0.349. The van der Waals surface area contributed by atoms with E-state index < -0.39 is 0 Å². The van der Waals surface area contributed by atoms with Crippen LogP contribution in [0, 0.1) is 11.8 Å². The molecule has 2 aliphatic heterocycles. The summed E-state index contributed by atoms with van der Waals surface area (Å²) in [7, 11) is 0. The fourth-order valence-electron chi connectivity index (χ4n) is 3.40. The minimum absolute atomic E-state index is 0. The number of piperidine rings is 1. The zero-order valence-electron chi connectivity index (χ0n) is 13.2. The molecule has 1 saturated carbocycles. The number of carbonyl (C=O) groups excluding carboxylic acids is 2. The molecule has 0 radical (unpaired) electrons. The molecule has 3 rings (SSSR count). The van der Waals surface area contributed by atoms with Crippen LogP contribution in [0.4, 0.5) is 0 Å². The molecule has 2 saturated heterocycles. The van der Waals surface area contributed by atoms with Crippen LogP contribution in [0.3, 0.4) is 0 Å². The summed E-state index contributed by atoms with van der Waals surface area (Å²) in [5, 5.41) is 6.43. The van der Waals surface area contributed by atoms with Crippen LogP contribution in [0.15, 0.2) is 0 Å². The lowest BCUT2D eigenvalue weighted by molar-refractivity contribution is -0.136. The molecule has 3 aliphatic rings. The number of hydrogen-bond donors (Lipinski definition) is 2. The highest BCUT2D eigenvalue weighted by Gasteiger charge is 2.30. The molecule has 2 heterocycles. The van der Waals surface area contributed by atoms with Crippen LogP contribution in [0.2, 0.25) is 0 Å². The van der Waals surface area contributed by atoms with Crippen LogP contribution < -0.4 is 10.6 Å². The Labute approximate surface area is 139 Å². The second-order valence-electron chi connectivity index (χ2n) is 6.86. The molecule has 0 spiro atoms. The van der Waals surface area contributed by atoms with Gasteiger partial charge < -0.3 is 15.5 Å². The monoisotopic (exact) mass is 329 g/mol. The molecule has 2 N–H and O–H groups in total. The van der Waals surface area contributed by atoms with E-state index in [2.05, 4.69) is 10.6 Å². The molecular weight excluding hydrogens is 302 g/mol. The van der Waals surface area contributed by atoms with Gasteiger partial charge in [-0.05, 0) is 51.0 Å². The highest BCUT2D eigenvalue weighted by molar-refractivity contribution is 5.85. The predicted octanol–water partition coefficient (Wildman–Crippen LogP) is 1.32. The summed E-state index contributed by atoms with van der Waals surface area (Å²) in [4.78, 5) is 26.4. The Balaban J connectivity index is 0.00000176. The van der Waals surface area contributed by atoms with E-state index in [0.717, 1.165) is 38.9 Å². The third-order valence-corrected chi connectivity index (χ3v) is 4.99. The van der Waals surface area contributed by atoms with Crippen molar-refractivity contribution >= 4 is 24.2 Å². The lowest BCUT2D eigenvalue weighted by Crippen LogP contribution is -2.46. The topological polar surface area (TPSA) is 61.4 Å². The Hall–Kier alpha value is -0.810. The predicted molar refractivity (Wildman–Crippen MR) is 87.9 cm³/mol. The fourth-order valence-corrected chi connectivity index (χ4v) is 3.40. The molecule has 6 heteroatoms. The summed E-state index contributed by atoms with van der Waals surface area (Å²) in [5.41, 5.74) is 0. The Morgan fingerprint density at radius 3 is 2.64 bits per heavy atom. The minimum atomic E-state index is -0.00186. The molecule has 0 bridgehead atoms. The normalized spacial score (nSPS) is 28.1. The number of amides is 2. The van der Waals surface area contributed by atoms with E-state index >= 15 is 0 Å². The van der Waals surface area contributed by atoms with Gasteiger partial charge in [0.1, 0.15) is 0 Å². The summed E-state index contributed by atoms with van der Waals surface area (Å²) >= 11 is 0. The summed E-state index contributed by atoms with van der Waals surface area (Å²) in [6.07, 6.45) is 7.24. The van der Waals surface area contributed by atoms with Crippen molar-refractivity contribution in [3.8, 4) is 0 Å². The maximum absolute atomic E-state index is 12.4. The number of nitrogens with one attached hydrogen (secondary N) is 2. The number of likely N-dealkylation sites (tertiary alicyclic amines) is 1. The van der Waals surface area contributed by atoms with Crippen LogP contribution in [0.5, 0.6) is 0 Å². The van der Waals surface area contributed by atoms with Crippen LogP contribution in [0.1, 0.15) is 44.9 Å². The molecular formula is C16H28ClN3O2. The van der Waals surface area contributed by atoms with Crippen molar-refractivity contribution in [2.24, 2.45) is 11.8 Å². The van der Waals surface area contributed by atoms with Crippen molar-refractivity contribution in [2.75, 3.05) is 26.2 Å². The standard InChI is InChI=1S/C16H27N3O2.ClH/c20-15(9-14-4-1-7-17-14)19-8-2-3-13(11-19)16(21)18-10-12-5-6-12;/h12-14,17H,1-11H2,(H,18,21);1H. The highest BCUT2D eigenvalue weighted by Crippen LogP contribution is 2.28. The number of carbonyl (C=O) groups is 2. The number of rotatable bonds is 5. The van der Waals surface area contributed by atoms with Crippen molar-refractivity contribution in [1.82, 2.24) is 15.5 Å². The van der Waals surface area contributed by atoms with Gasteiger partial charge in [0.05, 0.1) is 5.92 Å². The minimum Gasteiger partial charge on any atom is -0.356 e. The quantitative estimate of drug-likeness (QED) is 0.799. The van der Waals surface area contributed by atoms with E-state index in [-0.39, 0.29) is 30.1 Å². The van der Waals surface area contributed by atoms with Crippen molar-refractivity contribution in [2.45, 2.75) is 51.0 Å². The molecule has 126 valence electrons. The van der Waals surface area contributed by atoms with Gasteiger partial charge in [-0.2, -0.15) is 0 Å². The molecule has 5 nitrogen and oxygen atoms in total. The lowest BCUT2D eigenvalue weighted by atomic mass is 9.96. The summed E-state index contributed by atoms with van der Waals surface area (Å²) in [6.45, 7) is 3.29. The number of nitrogens with zero attached hydrogens (tertiary/aromatic N) is 1. The summed E-state index contributed by atoms with van der Waals surface area (Å²) < 4.78 is 0. The third-order valence-electron chi connectivity index (χ3n) is 4.99. The Kier molecular flexibility index (Phi) is 6.50. The van der Waals surface area contributed by atoms with E-state index in [9.17, 15) is 9.59 Å². The Morgan fingerprint density at radius 2 is 1.95 bits per heavy atom. The van der Waals surface area contributed by atoms with Gasteiger partial charge in [0, 0.05) is 32.1 Å². The van der Waals surface area contributed by atoms with E-state index in [0.29, 0.717) is 24.9 Å². The van der Waals surface area contributed by atoms with Crippen LogP contribution in [-0.4, -0.2) is 48.9 Å². The molecule has 0 aromatic carbocycles. The second kappa shape index (κ2) is 8.16. The molecule has 2 atom stereocenters. The molecule has 0 aromatic heterocycles. The van der Waals surface area contributed by atoms with Crippen LogP contribution in [0.25, 0.3) is 0 Å². The molecule has 22 heavy (non-hydrogen) atoms. The van der Waals surface area contributed by atoms with E-state index in [1.807, 2.05) is 4.90 Å². The maximum atomic E-state index is 12.4. The third kappa shape index (κ3) is 4.85. The molecule has 3 fully saturated rings. The smallest absolute Gasteiger partial charge is 0.224 e. The van der Waals surface area contributed by atoms with Crippen LogP contribution in [-0.2, 0) is 9.59 Å². The Bertz CT molecular complexity index is 395. The van der Waals surface area contributed by atoms with E-state index in [4.69, 9.17) is 0 Å². The SMILES string of the molecule is Cl.O=C(NCC1CC1)C1CCCN(C(=O)CC2CCCN2)C1. The number of hydrogen-bond acceptors (Lipinski definition) is 3.